The van der Waals surface area contributed by atoms with Crippen LogP contribution >= 0.6 is 0 Å². The molecular weight excluding hydrogens is 1650 g/mol. The number of azide groups is 1. The molecular formula is C97H107N3O26Si. The minimum Gasteiger partial charge on any atom is -0.455 e. The van der Waals surface area contributed by atoms with E-state index in [4.69, 9.17) is 81.0 Å². The molecule has 0 unspecified atom stereocenters. The third-order valence-corrected chi connectivity index (χ3v) is 26.4. The van der Waals surface area contributed by atoms with Gasteiger partial charge in [0.05, 0.1) is 74.6 Å². The van der Waals surface area contributed by atoms with Crippen molar-refractivity contribution < 1.29 is 123 Å². The van der Waals surface area contributed by atoms with Crippen LogP contribution in [0.2, 0.25) is 5.04 Å². The Morgan fingerprint density at radius 2 is 0.638 bits per heavy atom. The Morgan fingerprint density at radius 1 is 0.339 bits per heavy atom. The first-order valence-corrected chi connectivity index (χ1v) is 44.4. The molecule has 0 aromatic heterocycles. The van der Waals surface area contributed by atoms with E-state index < -0.39 is 180 Å². The predicted octanol–water partition coefficient (Wildman–Crippen LogP) is 13.6. The summed E-state index contributed by atoms with van der Waals surface area (Å²) < 4.78 is 109. The lowest BCUT2D eigenvalue weighted by Gasteiger charge is -2.48. The summed E-state index contributed by atoms with van der Waals surface area (Å²) in [4.78, 5) is 145. The van der Waals surface area contributed by atoms with Gasteiger partial charge in [0, 0.05) is 37.3 Å². The van der Waals surface area contributed by atoms with Crippen LogP contribution in [0, 0.1) is 0 Å². The Morgan fingerprint density at radius 3 is 0.976 bits per heavy atom. The molecule has 8 aromatic carbocycles. The number of Topliss-reactive ketones (excluding diaryl/α,β-unsaturated/α-hetero) is 3. The third kappa shape index (κ3) is 27.6. The van der Waals surface area contributed by atoms with Crippen LogP contribution in [-0.4, -0.2) is 193 Å². The van der Waals surface area contributed by atoms with Crippen molar-refractivity contribution in [1.29, 1.82) is 0 Å². The molecule has 3 aliphatic rings. The molecule has 3 saturated heterocycles. The normalized spacial score (nSPS) is 22.2. The van der Waals surface area contributed by atoms with Crippen LogP contribution in [-0.2, 0) is 117 Å². The molecule has 30 heteroatoms. The number of carbonyl (C=O) groups excluding carboxylic acids is 10. The number of benzene rings is 8. The molecule has 15 atom stereocenters. The summed E-state index contributed by atoms with van der Waals surface area (Å²) in [5.41, 5.74) is 10.3. The van der Waals surface area contributed by atoms with Gasteiger partial charge in [0.15, 0.2) is 61.6 Å². The minimum atomic E-state index is -3.58. The first kappa shape index (κ1) is 95.9. The van der Waals surface area contributed by atoms with Gasteiger partial charge in [0.2, 0.25) is 0 Å². The van der Waals surface area contributed by atoms with Gasteiger partial charge in [-0.2, -0.15) is 0 Å². The fraction of sp³-hybridized carbons (Fsp3) is 0.402. The minimum absolute atomic E-state index is 0.00685. The maximum Gasteiger partial charge on any atom is 0.338 e. The first-order chi connectivity index (χ1) is 61.5. The summed E-state index contributed by atoms with van der Waals surface area (Å²) in [7, 11) is -3.58. The van der Waals surface area contributed by atoms with Crippen LogP contribution < -0.4 is 10.4 Å². The predicted molar refractivity (Wildman–Crippen MR) is 462 cm³/mol. The van der Waals surface area contributed by atoms with Gasteiger partial charge in [-0.3, -0.25) is 14.4 Å². The number of hydrogen-bond donors (Lipinski definition) is 0. The Labute approximate surface area is 738 Å². The molecule has 11 rings (SSSR count). The highest BCUT2D eigenvalue weighted by atomic mass is 28.4. The highest BCUT2D eigenvalue weighted by Gasteiger charge is 2.59. The monoisotopic (exact) mass is 1760 g/mol. The second-order valence-corrected chi connectivity index (χ2v) is 36.3. The van der Waals surface area contributed by atoms with E-state index in [-0.39, 0.29) is 91.8 Å². The lowest BCUT2D eigenvalue weighted by atomic mass is 9.96. The van der Waals surface area contributed by atoms with Crippen molar-refractivity contribution in [1.82, 2.24) is 0 Å². The van der Waals surface area contributed by atoms with E-state index in [0.717, 1.165) is 10.4 Å². The second kappa shape index (κ2) is 48.2. The van der Waals surface area contributed by atoms with Gasteiger partial charge in [0.1, 0.15) is 47.9 Å². The van der Waals surface area contributed by atoms with Crippen LogP contribution in [0.15, 0.2) is 248 Å². The maximum absolute atomic E-state index is 15.1. The van der Waals surface area contributed by atoms with E-state index in [9.17, 15) is 38.4 Å². The Kier molecular flexibility index (Phi) is 36.4. The van der Waals surface area contributed by atoms with Gasteiger partial charge in [-0.15, -0.1) is 0 Å². The van der Waals surface area contributed by atoms with E-state index in [1.54, 1.807) is 103 Å². The standard InChI is InChI=1S/C97H107N3O26Si/c1-64(101)51-54-78(104)120-84-81(112-59-67-35-17-9-18-36-67)75(61-114-96-88(125-92(109)71-43-25-13-26-44-71)85(121-79(105)55-52-65(2)102)82(113-60-68-37-19-10-20-38-68)77(119-96)63-116-127(97(4,5)6,73-47-29-15-30-48-73)74-49-31-16-32-50-74)117-95(87(84)124-91(108)70-41-23-12-24-42-70)115-62-76-83(123-90(107)69-39-21-11-22-40-69)86(122-80(106)56-53-66(3)103)89(126-93(110)72-45-27-14-28-46-72)94(118-76)111-58-34-8-7-33-57-99-100-98/h9-32,35-50,75-77,81-89,94-96H,7-8,33-34,51-63H2,1-6H3/t75-,76-,77-,81-,82-,83-,84+,85+,86+,87+,88+,89+,94+,95+,96+/m1/s1. The smallest absolute Gasteiger partial charge is 0.338 e. The van der Waals surface area contributed by atoms with Gasteiger partial charge < -0.3 is 89.9 Å². The number of rotatable bonds is 45. The summed E-state index contributed by atoms with van der Waals surface area (Å²) in [5, 5.41) is 4.75. The van der Waals surface area contributed by atoms with Crippen LogP contribution in [0.4, 0.5) is 0 Å². The van der Waals surface area contributed by atoms with Crippen molar-refractivity contribution in [3.05, 3.63) is 286 Å². The quantitative estimate of drug-likeness (QED) is 0.00650. The number of carbonyl (C=O) groups is 10. The average Bonchev–Trinajstić information content (AvgIpc) is 0.745. The van der Waals surface area contributed by atoms with Crippen molar-refractivity contribution in [2.24, 2.45) is 5.11 Å². The SMILES string of the molecule is CC(=O)CCC(=O)O[C@@H]1[C@H](OC(=O)c2ccccc2)[C@@H](OC[C@H]2O[C@H](OCCCCCCN=[N+]=[N-])[C@@H](OC(=O)c3ccccc3)[C@@H](OC(=O)CCC(C)=O)[C@@H]2OC(=O)c2ccccc2)O[C@H](CO[C@H]2O[C@H](CO[Si](c3ccccc3)(c3ccccc3)C(C)(C)C)[C@@H](OCc3ccccc3)[C@H](OC(=O)CCC(C)=O)[C@@H]2OC(=O)c2ccccc2)[C@H]1OCc1ccccc1. The van der Waals surface area contributed by atoms with E-state index in [2.05, 4.69) is 30.8 Å². The molecule has 127 heavy (non-hydrogen) atoms. The topological polar surface area (TPSA) is 367 Å². The van der Waals surface area contributed by atoms with E-state index >= 15 is 9.59 Å². The van der Waals surface area contributed by atoms with Crippen LogP contribution in [0.25, 0.3) is 10.4 Å². The number of nitrogens with zero attached hydrogens (tertiary/aromatic N) is 3. The number of ether oxygens (including phenoxy) is 15. The van der Waals surface area contributed by atoms with Crippen LogP contribution in [0.1, 0.15) is 158 Å². The zero-order valence-corrected chi connectivity index (χ0v) is 72.7. The van der Waals surface area contributed by atoms with E-state index in [0.29, 0.717) is 36.8 Å². The van der Waals surface area contributed by atoms with Crippen molar-refractivity contribution in [2.45, 2.75) is 216 Å². The zero-order valence-electron chi connectivity index (χ0n) is 71.7. The first-order valence-electron chi connectivity index (χ1n) is 42.5. The molecule has 3 heterocycles. The van der Waals surface area contributed by atoms with E-state index in [1.807, 2.05) is 91.0 Å². The Hall–Kier alpha value is -11.8. The van der Waals surface area contributed by atoms with Crippen molar-refractivity contribution in [3.63, 3.8) is 0 Å². The van der Waals surface area contributed by atoms with Crippen molar-refractivity contribution in [2.75, 3.05) is 33.0 Å². The summed E-state index contributed by atoms with van der Waals surface area (Å²) in [6.07, 6.45) is -26.6. The molecule has 0 N–H and O–H groups in total. The van der Waals surface area contributed by atoms with Crippen molar-refractivity contribution in [3.8, 4) is 0 Å². The zero-order chi connectivity index (χ0) is 90.1. The maximum atomic E-state index is 15.1. The fourth-order valence-electron chi connectivity index (χ4n) is 15.1. The van der Waals surface area contributed by atoms with Gasteiger partial charge in [-0.05, 0) is 114 Å². The number of esters is 7. The van der Waals surface area contributed by atoms with Gasteiger partial charge in [-0.25, -0.2) is 19.2 Å². The van der Waals surface area contributed by atoms with Crippen molar-refractivity contribution >= 4 is 77.8 Å². The Bertz CT molecular complexity index is 4880. The molecule has 670 valence electrons. The second-order valence-electron chi connectivity index (χ2n) is 31.9. The molecule has 3 fully saturated rings. The lowest BCUT2D eigenvalue weighted by Crippen LogP contribution is -2.69. The molecule has 0 bridgehead atoms. The Balaban J connectivity index is 1.07. The summed E-state index contributed by atoms with van der Waals surface area (Å²) in [5.74, 6) is -7.93. The molecule has 0 spiro atoms. The molecule has 0 radical (unpaired) electrons. The lowest BCUT2D eigenvalue weighted by molar-refractivity contribution is -0.346. The van der Waals surface area contributed by atoms with Gasteiger partial charge in [-0.1, -0.05) is 233 Å². The number of ketones is 3. The largest absolute Gasteiger partial charge is 0.455 e. The van der Waals surface area contributed by atoms with E-state index in [1.165, 1.54) is 69.3 Å². The molecule has 0 amide bonds. The fourth-order valence-corrected chi connectivity index (χ4v) is 19.6. The van der Waals surface area contributed by atoms with Crippen LogP contribution in [0.3, 0.4) is 0 Å². The molecule has 0 aliphatic carbocycles. The molecule has 8 aromatic rings. The van der Waals surface area contributed by atoms with Crippen LogP contribution in [0.5, 0.6) is 0 Å². The third-order valence-electron chi connectivity index (χ3n) is 21.4. The summed E-state index contributed by atoms with van der Waals surface area (Å²) >= 11 is 0. The van der Waals surface area contributed by atoms with Gasteiger partial charge in [0.25, 0.3) is 8.32 Å². The molecule has 0 saturated carbocycles. The average molecular weight is 1760 g/mol. The van der Waals surface area contributed by atoms with Gasteiger partial charge >= 0.3 is 41.8 Å². The highest BCUT2D eigenvalue weighted by molar-refractivity contribution is 6.99. The summed E-state index contributed by atoms with van der Waals surface area (Å²) in [6, 6.07) is 68.6. The molecule has 29 nitrogen and oxygen atoms in total. The molecule has 3 aliphatic heterocycles. The number of unbranched alkanes of at least 4 members (excludes halogenated alkanes) is 3. The highest BCUT2D eigenvalue weighted by Crippen LogP contribution is 2.41. The summed E-state index contributed by atoms with van der Waals surface area (Å²) in [6.45, 7) is 7.87. The number of hydrogen-bond acceptors (Lipinski definition) is 27.